The molecular weight excluding hydrogens is 266 g/mol. The Morgan fingerprint density at radius 3 is 2.33 bits per heavy atom. The normalized spacial score (nSPS) is 21.7. The van der Waals surface area contributed by atoms with Crippen molar-refractivity contribution in [1.29, 1.82) is 0 Å². The van der Waals surface area contributed by atoms with Crippen LogP contribution in [-0.4, -0.2) is 46.3 Å². The van der Waals surface area contributed by atoms with E-state index in [4.69, 9.17) is 0 Å². The Morgan fingerprint density at radius 2 is 1.86 bits per heavy atom. The Labute approximate surface area is 126 Å². The number of carbonyl (C=O) groups is 1. The predicted molar refractivity (Wildman–Crippen MR) is 82.3 cm³/mol. The Bertz CT molecular complexity index is 476. The van der Waals surface area contributed by atoms with Crippen LogP contribution in [0.2, 0.25) is 0 Å². The lowest BCUT2D eigenvalue weighted by atomic mass is 9.72. The van der Waals surface area contributed by atoms with Gasteiger partial charge in [0.25, 0.3) is 0 Å². The minimum Gasteiger partial charge on any atom is -0.481 e. The van der Waals surface area contributed by atoms with Gasteiger partial charge < -0.3 is 15.1 Å². The molecule has 21 heavy (non-hydrogen) atoms. The molecule has 0 aromatic heterocycles. The van der Waals surface area contributed by atoms with E-state index in [1.807, 2.05) is 44.2 Å². The van der Waals surface area contributed by atoms with Crippen molar-refractivity contribution < 1.29 is 15.0 Å². The molecule has 4 nitrogen and oxygen atoms in total. The van der Waals surface area contributed by atoms with Gasteiger partial charge in [-0.3, -0.25) is 4.79 Å². The summed E-state index contributed by atoms with van der Waals surface area (Å²) in [4.78, 5) is 14.0. The fourth-order valence-corrected chi connectivity index (χ4v) is 3.07. The second-order valence-electron chi connectivity index (χ2n) is 6.38. The highest BCUT2D eigenvalue weighted by molar-refractivity contribution is 5.81. The zero-order chi connectivity index (χ0) is 15.5. The number of hydrogen-bond acceptors (Lipinski definition) is 3. The van der Waals surface area contributed by atoms with Gasteiger partial charge in [-0.1, -0.05) is 37.3 Å². The van der Waals surface area contributed by atoms with Crippen LogP contribution in [-0.2, 0) is 10.2 Å². The number of nitrogens with zero attached hydrogens (tertiary/aromatic N) is 1. The van der Waals surface area contributed by atoms with Crippen molar-refractivity contribution in [3.8, 4) is 0 Å². The molecule has 1 aliphatic heterocycles. The molecule has 1 aromatic rings. The topological polar surface area (TPSA) is 60.8 Å². The molecule has 1 atom stereocenters. The lowest BCUT2D eigenvalue weighted by Gasteiger charge is -2.41. The third-order valence-electron chi connectivity index (χ3n) is 4.77. The van der Waals surface area contributed by atoms with Crippen molar-refractivity contribution in [3.63, 3.8) is 0 Å². The summed E-state index contributed by atoms with van der Waals surface area (Å²) in [6.45, 7) is 5.82. The molecule has 0 saturated carbocycles. The van der Waals surface area contributed by atoms with Crippen LogP contribution >= 0.6 is 0 Å². The van der Waals surface area contributed by atoms with Crippen molar-refractivity contribution in [1.82, 2.24) is 4.90 Å². The molecule has 0 radical (unpaired) electrons. The van der Waals surface area contributed by atoms with Crippen LogP contribution in [0.3, 0.4) is 0 Å². The zero-order valence-electron chi connectivity index (χ0n) is 12.9. The average molecular weight is 291 g/mol. The molecule has 0 amide bonds. The second kappa shape index (κ2) is 6.16. The molecule has 1 aromatic carbocycles. The maximum atomic E-state index is 11.9. The van der Waals surface area contributed by atoms with Crippen molar-refractivity contribution >= 4 is 5.97 Å². The minimum atomic E-state index is -0.782. The Hall–Kier alpha value is -1.39. The standard InChI is InChI=1S/C17H25NO3/c1-3-16(2,21)13-18-11-9-17(10-12-18,15(19)20)14-7-5-4-6-8-14/h4-8,21H,3,9-13H2,1-2H3,(H,19,20). The number of rotatable bonds is 5. The molecular formula is C17H25NO3. The van der Waals surface area contributed by atoms with E-state index in [2.05, 4.69) is 4.90 Å². The summed E-state index contributed by atoms with van der Waals surface area (Å²) in [5.74, 6) is -0.740. The minimum absolute atomic E-state index is 0.589. The first-order valence-electron chi connectivity index (χ1n) is 7.63. The molecule has 2 rings (SSSR count). The fourth-order valence-electron chi connectivity index (χ4n) is 3.07. The number of aliphatic hydroxyl groups is 1. The van der Waals surface area contributed by atoms with E-state index in [1.54, 1.807) is 0 Å². The molecule has 4 heteroatoms. The summed E-state index contributed by atoms with van der Waals surface area (Å²) in [6.07, 6.45) is 1.88. The van der Waals surface area contributed by atoms with Crippen LogP contribution in [0.1, 0.15) is 38.7 Å². The van der Waals surface area contributed by atoms with Gasteiger partial charge in [-0.15, -0.1) is 0 Å². The molecule has 0 spiro atoms. The van der Waals surface area contributed by atoms with E-state index in [-0.39, 0.29) is 0 Å². The first kappa shape index (κ1) is 16.0. The molecule has 0 bridgehead atoms. The first-order chi connectivity index (χ1) is 9.89. The Balaban J connectivity index is 2.11. The third-order valence-corrected chi connectivity index (χ3v) is 4.77. The van der Waals surface area contributed by atoms with Gasteiger partial charge in [0.05, 0.1) is 11.0 Å². The number of benzene rings is 1. The van der Waals surface area contributed by atoms with E-state index in [0.29, 0.717) is 38.9 Å². The molecule has 1 fully saturated rings. The SMILES string of the molecule is CCC(C)(O)CN1CCC(C(=O)O)(c2ccccc2)CC1. The van der Waals surface area contributed by atoms with E-state index >= 15 is 0 Å². The van der Waals surface area contributed by atoms with Crippen LogP contribution in [0, 0.1) is 0 Å². The third kappa shape index (κ3) is 3.44. The summed E-state index contributed by atoms with van der Waals surface area (Å²) >= 11 is 0. The monoisotopic (exact) mass is 291 g/mol. The van der Waals surface area contributed by atoms with Gasteiger partial charge in [0.2, 0.25) is 0 Å². The van der Waals surface area contributed by atoms with Gasteiger partial charge in [0.15, 0.2) is 0 Å². The average Bonchev–Trinajstić information content (AvgIpc) is 2.48. The zero-order valence-corrected chi connectivity index (χ0v) is 12.9. The van der Waals surface area contributed by atoms with Gasteiger partial charge in [-0.05, 0) is 44.8 Å². The number of β-amino-alcohol motifs (C(OH)–C–C–N with tert-alkyl or cyclic N) is 1. The number of carboxylic acid groups (broad SMARTS) is 1. The summed E-state index contributed by atoms with van der Waals surface area (Å²) in [6, 6.07) is 9.52. The van der Waals surface area contributed by atoms with Crippen LogP contribution in [0.15, 0.2) is 30.3 Å². The van der Waals surface area contributed by atoms with Crippen LogP contribution in [0.25, 0.3) is 0 Å². The first-order valence-corrected chi connectivity index (χ1v) is 7.63. The van der Waals surface area contributed by atoms with Gasteiger partial charge in [0, 0.05) is 6.54 Å². The summed E-state index contributed by atoms with van der Waals surface area (Å²) < 4.78 is 0. The molecule has 1 heterocycles. The van der Waals surface area contributed by atoms with Crippen molar-refractivity contribution in [2.75, 3.05) is 19.6 Å². The number of piperidine rings is 1. The summed E-state index contributed by atoms with van der Waals surface area (Å²) in [7, 11) is 0. The smallest absolute Gasteiger partial charge is 0.314 e. The van der Waals surface area contributed by atoms with Crippen molar-refractivity contribution in [3.05, 3.63) is 35.9 Å². The highest BCUT2D eigenvalue weighted by atomic mass is 16.4. The van der Waals surface area contributed by atoms with Gasteiger partial charge in [0.1, 0.15) is 0 Å². The number of hydrogen-bond donors (Lipinski definition) is 2. The maximum absolute atomic E-state index is 11.9. The largest absolute Gasteiger partial charge is 0.481 e. The highest BCUT2D eigenvalue weighted by Crippen LogP contribution is 2.36. The van der Waals surface area contributed by atoms with Crippen LogP contribution < -0.4 is 0 Å². The van der Waals surface area contributed by atoms with Gasteiger partial charge in [-0.25, -0.2) is 0 Å². The molecule has 2 N–H and O–H groups in total. The molecule has 1 aliphatic rings. The van der Waals surface area contributed by atoms with E-state index in [9.17, 15) is 15.0 Å². The Kier molecular flexibility index (Phi) is 4.69. The lowest BCUT2D eigenvalue weighted by Crippen LogP contribution is -2.50. The highest BCUT2D eigenvalue weighted by Gasteiger charge is 2.43. The molecule has 116 valence electrons. The molecule has 0 aliphatic carbocycles. The van der Waals surface area contributed by atoms with Crippen LogP contribution in [0.5, 0.6) is 0 Å². The summed E-state index contributed by atoms with van der Waals surface area (Å²) in [5.41, 5.74) is -0.592. The van der Waals surface area contributed by atoms with Crippen LogP contribution in [0.4, 0.5) is 0 Å². The summed E-state index contributed by atoms with van der Waals surface area (Å²) in [5, 5.41) is 19.9. The number of likely N-dealkylation sites (tertiary alicyclic amines) is 1. The maximum Gasteiger partial charge on any atom is 0.314 e. The lowest BCUT2D eigenvalue weighted by molar-refractivity contribution is -0.146. The predicted octanol–water partition coefficient (Wildman–Crippen LogP) is 2.27. The van der Waals surface area contributed by atoms with E-state index in [0.717, 1.165) is 5.56 Å². The fraction of sp³-hybridized carbons (Fsp3) is 0.588. The number of carboxylic acids is 1. The van der Waals surface area contributed by atoms with E-state index < -0.39 is 17.0 Å². The number of aliphatic carboxylic acids is 1. The van der Waals surface area contributed by atoms with Crippen molar-refractivity contribution in [2.45, 2.75) is 44.1 Å². The molecule has 1 unspecified atom stereocenters. The second-order valence-corrected chi connectivity index (χ2v) is 6.38. The van der Waals surface area contributed by atoms with Gasteiger partial charge in [-0.2, -0.15) is 0 Å². The quantitative estimate of drug-likeness (QED) is 0.873. The Morgan fingerprint density at radius 1 is 1.29 bits per heavy atom. The van der Waals surface area contributed by atoms with Crippen molar-refractivity contribution in [2.24, 2.45) is 0 Å². The van der Waals surface area contributed by atoms with Gasteiger partial charge >= 0.3 is 5.97 Å². The molecule has 1 saturated heterocycles. The van der Waals surface area contributed by atoms with E-state index in [1.165, 1.54) is 0 Å².